The number of aryl methyl sites for hydroxylation is 1. The van der Waals surface area contributed by atoms with Crippen LogP contribution in [0.3, 0.4) is 0 Å². The fourth-order valence-corrected chi connectivity index (χ4v) is 5.92. The minimum absolute atomic E-state index is 0.0695. The second kappa shape index (κ2) is 9.30. The highest BCUT2D eigenvalue weighted by Crippen LogP contribution is 2.35. The Bertz CT molecular complexity index is 1250. The molecular weight excluding hydrogens is 404 g/mol. The summed E-state index contributed by atoms with van der Waals surface area (Å²) in [6.07, 6.45) is 13.9. The van der Waals surface area contributed by atoms with Gasteiger partial charge in [-0.05, 0) is 81.3 Å². The van der Waals surface area contributed by atoms with Crippen molar-refractivity contribution in [2.75, 3.05) is 0 Å². The second-order valence-corrected chi connectivity index (χ2v) is 10.1. The Morgan fingerprint density at radius 2 is 1.82 bits per heavy atom. The molecule has 0 aliphatic heterocycles. The first-order valence-electron chi connectivity index (χ1n) is 12.8. The van der Waals surface area contributed by atoms with E-state index in [0.717, 1.165) is 48.2 Å². The lowest BCUT2D eigenvalue weighted by Gasteiger charge is -2.15. The van der Waals surface area contributed by atoms with Crippen molar-refractivity contribution in [1.82, 2.24) is 4.57 Å². The van der Waals surface area contributed by atoms with Gasteiger partial charge >= 0.3 is 0 Å². The number of nitrogens with zero attached hydrogens (tertiary/aromatic N) is 1. The van der Waals surface area contributed by atoms with Gasteiger partial charge in [-0.15, -0.1) is 0 Å². The van der Waals surface area contributed by atoms with Gasteiger partial charge in [0, 0.05) is 45.5 Å². The zero-order valence-corrected chi connectivity index (χ0v) is 20.1. The topological polar surface area (TPSA) is 48.0 Å². The molecule has 5 rings (SSSR count). The molecule has 1 fully saturated rings. The molecule has 172 valence electrons. The molecule has 2 aliphatic rings. The lowest BCUT2D eigenvalue weighted by Crippen LogP contribution is -2.11. The van der Waals surface area contributed by atoms with E-state index in [1.54, 1.807) is 0 Å². The molecule has 2 aliphatic carbocycles. The highest BCUT2D eigenvalue weighted by Gasteiger charge is 2.20. The average Bonchev–Trinajstić information content (AvgIpc) is 3.47. The normalized spacial score (nSPS) is 18.0. The molecule has 1 atom stereocenters. The van der Waals surface area contributed by atoms with E-state index < -0.39 is 0 Å². The predicted molar refractivity (Wildman–Crippen MR) is 139 cm³/mol. The molecule has 0 spiro atoms. The van der Waals surface area contributed by atoms with Crippen LogP contribution >= 0.6 is 0 Å². The number of ketones is 1. The molecule has 0 bridgehead atoms. The van der Waals surface area contributed by atoms with Gasteiger partial charge in [0.15, 0.2) is 5.78 Å². The van der Waals surface area contributed by atoms with Crippen molar-refractivity contribution in [1.29, 1.82) is 0 Å². The summed E-state index contributed by atoms with van der Waals surface area (Å²) in [5, 5.41) is 2.36. The summed E-state index contributed by atoms with van der Waals surface area (Å²) in [6, 6.07) is 13.0. The molecule has 1 saturated carbocycles. The number of allylic oxidation sites excluding steroid dienone is 4. The van der Waals surface area contributed by atoms with Gasteiger partial charge in [-0.3, -0.25) is 4.79 Å². The van der Waals surface area contributed by atoms with Crippen molar-refractivity contribution < 1.29 is 4.79 Å². The van der Waals surface area contributed by atoms with Crippen LogP contribution in [0, 0.1) is 5.92 Å². The number of fused-ring (bicyclic) bond motifs is 3. The van der Waals surface area contributed by atoms with Gasteiger partial charge in [-0.25, -0.2) is 0 Å². The Labute approximate surface area is 197 Å². The number of aromatic nitrogens is 1. The number of carbonyl (C=O) groups is 1. The van der Waals surface area contributed by atoms with Crippen molar-refractivity contribution in [2.24, 2.45) is 11.7 Å². The first kappa shape index (κ1) is 22.2. The Kier molecular flexibility index (Phi) is 6.25. The molecule has 0 saturated heterocycles. The number of rotatable bonds is 7. The largest absolute Gasteiger partial charge is 0.341 e. The van der Waals surface area contributed by atoms with E-state index in [1.807, 2.05) is 12.1 Å². The number of nitrogens with two attached hydrogens (primary N) is 1. The summed E-state index contributed by atoms with van der Waals surface area (Å²) in [6.45, 7) is 5.16. The quantitative estimate of drug-likeness (QED) is 0.384. The van der Waals surface area contributed by atoms with E-state index in [1.165, 1.54) is 59.7 Å². The van der Waals surface area contributed by atoms with E-state index in [2.05, 4.69) is 54.8 Å². The van der Waals surface area contributed by atoms with Gasteiger partial charge in [-0.2, -0.15) is 0 Å². The first-order valence-corrected chi connectivity index (χ1v) is 12.8. The number of benzene rings is 2. The summed E-state index contributed by atoms with van der Waals surface area (Å²) in [4.78, 5) is 13.3. The van der Waals surface area contributed by atoms with Crippen molar-refractivity contribution >= 4 is 27.6 Å². The molecule has 1 heterocycles. The molecule has 1 unspecified atom stereocenters. The Hall–Kier alpha value is -2.65. The van der Waals surface area contributed by atoms with Crippen molar-refractivity contribution in [3.8, 4) is 0 Å². The maximum atomic E-state index is 13.3. The van der Waals surface area contributed by atoms with E-state index in [0.29, 0.717) is 0 Å². The minimum atomic E-state index is 0.0695. The molecule has 0 amide bonds. The van der Waals surface area contributed by atoms with Gasteiger partial charge in [0.05, 0.1) is 0 Å². The van der Waals surface area contributed by atoms with Gasteiger partial charge in [0.25, 0.3) is 0 Å². The number of hydrogen-bond donors (Lipinski definition) is 1. The molecule has 1 aromatic heterocycles. The maximum absolute atomic E-state index is 13.3. The molecule has 3 aromatic rings. The SMILES string of the molecule is CCn1c2ccc(C(=O)C3=C(C)CCC=C3)cc2c2cc(C(N)CCC3CCCC3)ccc21. The molecule has 2 N–H and O–H groups in total. The van der Waals surface area contributed by atoms with E-state index in [-0.39, 0.29) is 11.8 Å². The lowest BCUT2D eigenvalue weighted by molar-refractivity contribution is 0.103. The third-order valence-corrected chi connectivity index (χ3v) is 7.93. The standard InChI is InChI=1S/C30H36N2O/c1-3-32-28-16-13-22(27(31)15-12-21-9-5-6-10-21)18-25(28)26-19-23(14-17-29(26)32)30(33)24-11-7-4-8-20(24)2/h7,11,13-14,16-19,21,27H,3-6,8-10,12,15,31H2,1-2H3. The predicted octanol–water partition coefficient (Wildman–Crippen LogP) is 7.63. The molecule has 0 radical (unpaired) electrons. The number of Topliss-reactive ketones (excluding diaryl/α,β-unsaturated/α-hetero) is 1. The van der Waals surface area contributed by atoms with Crippen molar-refractivity contribution in [3.63, 3.8) is 0 Å². The van der Waals surface area contributed by atoms with Crippen LogP contribution in [-0.2, 0) is 6.54 Å². The van der Waals surface area contributed by atoms with Crippen molar-refractivity contribution in [3.05, 3.63) is 70.8 Å². The van der Waals surface area contributed by atoms with E-state index in [9.17, 15) is 4.79 Å². The van der Waals surface area contributed by atoms with E-state index >= 15 is 0 Å². The van der Waals surface area contributed by atoms with Crippen LogP contribution in [0.1, 0.15) is 87.2 Å². The van der Waals surface area contributed by atoms with Crippen LogP contribution in [0.4, 0.5) is 0 Å². The summed E-state index contributed by atoms with van der Waals surface area (Å²) >= 11 is 0. The van der Waals surface area contributed by atoms with Crippen LogP contribution in [0.5, 0.6) is 0 Å². The first-order chi connectivity index (χ1) is 16.1. The van der Waals surface area contributed by atoms with Crippen LogP contribution < -0.4 is 5.73 Å². The Balaban J connectivity index is 1.52. The highest BCUT2D eigenvalue weighted by atomic mass is 16.1. The second-order valence-electron chi connectivity index (χ2n) is 10.1. The lowest BCUT2D eigenvalue weighted by atomic mass is 9.92. The minimum Gasteiger partial charge on any atom is -0.341 e. The summed E-state index contributed by atoms with van der Waals surface area (Å²) in [5.74, 6) is 0.995. The smallest absolute Gasteiger partial charge is 0.192 e. The molecule has 2 aromatic carbocycles. The Morgan fingerprint density at radius 1 is 1.09 bits per heavy atom. The van der Waals surface area contributed by atoms with Crippen LogP contribution in [0.25, 0.3) is 21.8 Å². The number of carbonyl (C=O) groups excluding carboxylic acids is 1. The summed E-state index contributed by atoms with van der Waals surface area (Å²) in [5.41, 5.74) is 13.1. The van der Waals surface area contributed by atoms with Gasteiger partial charge < -0.3 is 10.3 Å². The van der Waals surface area contributed by atoms with Crippen LogP contribution in [0.2, 0.25) is 0 Å². The fraction of sp³-hybridized carbons (Fsp3) is 0.433. The maximum Gasteiger partial charge on any atom is 0.192 e. The molecule has 3 nitrogen and oxygen atoms in total. The third-order valence-electron chi connectivity index (χ3n) is 7.93. The van der Waals surface area contributed by atoms with Crippen molar-refractivity contribution in [2.45, 2.75) is 77.8 Å². The molecule has 3 heteroatoms. The van der Waals surface area contributed by atoms with Gasteiger partial charge in [-0.1, -0.05) is 49.5 Å². The summed E-state index contributed by atoms with van der Waals surface area (Å²) in [7, 11) is 0. The molecular formula is C30H36N2O. The Morgan fingerprint density at radius 3 is 2.55 bits per heavy atom. The number of hydrogen-bond acceptors (Lipinski definition) is 2. The van der Waals surface area contributed by atoms with Gasteiger partial charge in [0.1, 0.15) is 0 Å². The van der Waals surface area contributed by atoms with Crippen LogP contribution in [0.15, 0.2) is 59.7 Å². The summed E-state index contributed by atoms with van der Waals surface area (Å²) < 4.78 is 2.35. The monoisotopic (exact) mass is 440 g/mol. The molecule has 33 heavy (non-hydrogen) atoms. The fourth-order valence-electron chi connectivity index (χ4n) is 5.92. The highest BCUT2D eigenvalue weighted by molar-refractivity contribution is 6.15. The zero-order chi connectivity index (χ0) is 22.9. The van der Waals surface area contributed by atoms with Crippen LogP contribution in [-0.4, -0.2) is 10.4 Å². The average molecular weight is 441 g/mol. The third kappa shape index (κ3) is 4.19. The van der Waals surface area contributed by atoms with Gasteiger partial charge in [0.2, 0.25) is 0 Å². The van der Waals surface area contributed by atoms with E-state index in [4.69, 9.17) is 5.73 Å². The zero-order valence-electron chi connectivity index (χ0n) is 20.1.